The van der Waals surface area contributed by atoms with E-state index in [1.54, 1.807) is 0 Å². The number of hydrogen-bond donors (Lipinski definition) is 0. The van der Waals surface area contributed by atoms with Crippen LogP contribution in [0.4, 0.5) is 0 Å². The normalized spacial score (nSPS) is 26.9. The Morgan fingerprint density at radius 1 is 1.50 bits per heavy atom. The lowest BCUT2D eigenvalue weighted by Crippen LogP contribution is -2.51. The molecule has 58 valence electrons. The van der Waals surface area contributed by atoms with Gasteiger partial charge in [-0.1, -0.05) is 0 Å². The van der Waals surface area contributed by atoms with Gasteiger partial charge in [0.2, 0.25) is 0 Å². The molecule has 1 rings (SSSR count). The van der Waals surface area contributed by atoms with E-state index in [1.165, 1.54) is 0 Å². The minimum absolute atomic E-state index is 0.0764. The van der Waals surface area contributed by atoms with Crippen LogP contribution in [0.25, 0.3) is 0 Å². The molecule has 1 fully saturated rings. The van der Waals surface area contributed by atoms with Gasteiger partial charge < -0.3 is 4.79 Å². The summed E-state index contributed by atoms with van der Waals surface area (Å²) in [6, 6.07) is 0. The molecule has 0 amide bonds. The molecular formula is C5H7ClO3S. The van der Waals surface area contributed by atoms with Crippen LogP contribution in [-0.2, 0) is 14.6 Å². The van der Waals surface area contributed by atoms with Crippen LogP contribution in [0.1, 0.15) is 0 Å². The topological polar surface area (TPSA) is 51.2 Å². The Bertz CT molecular complexity index is 232. The quantitative estimate of drug-likeness (QED) is 0.441. The molecule has 1 aliphatic heterocycles. The fourth-order valence-electron chi connectivity index (χ4n) is 1.01. The van der Waals surface area contributed by atoms with Crippen molar-refractivity contribution in [2.24, 2.45) is 5.41 Å². The van der Waals surface area contributed by atoms with Crippen molar-refractivity contribution in [2.75, 3.05) is 17.4 Å². The van der Waals surface area contributed by atoms with Gasteiger partial charge in [0.15, 0.2) is 9.84 Å². The van der Waals surface area contributed by atoms with Gasteiger partial charge in [-0.05, 0) is 0 Å². The van der Waals surface area contributed by atoms with E-state index in [4.69, 9.17) is 11.6 Å². The Labute approximate surface area is 64.3 Å². The molecule has 0 aromatic rings. The predicted molar refractivity (Wildman–Crippen MR) is 37.9 cm³/mol. The maximum Gasteiger partial charge on any atom is 0.152 e. The number of aldehydes is 1. The lowest BCUT2D eigenvalue weighted by Gasteiger charge is -2.33. The van der Waals surface area contributed by atoms with Gasteiger partial charge in [-0.15, -0.1) is 11.6 Å². The molecule has 1 heterocycles. The van der Waals surface area contributed by atoms with Gasteiger partial charge in [-0.2, -0.15) is 0 Å². The van der Waals surface area contributed by atoms with Crippen LogP contribution in [0.2, 0.25) is 0 Å². The van der Waals surface area contributed by atoms with Gasteiger partial charge in [-0.25, -0.2) is 8.42 Å². The van der Waals surface area contributed by atoms with E-state index < -0.39 is 15.3 Å². The largest absolute Gasteiger partial charge is 0.303 e. The van der Waals surface area contributed by atoms with E-state index in [2.05, 4.69) is 0 Å². The summed E-state index contributed by atoms with van der Waals surface area (Å²) in [6.07, 6.45) is 0.640. The zero-order valence-electron chi connectivity index (χ0n) is 5.21. The van der Waals surface area contributed by atoms with Crippen LogP contribution in [0.3, 0.4) is 0 Å². The lowest BCUT2D eigenvalue weighted by molar-refractivity contribution is -0.114. The van der Waals surface area contributed by atoms with Crippen LogP contribution in [0.15, 0.2) is 0 Å². The summed E-state index contributed by atoms with van der Waals surface area (Å²) in [7, 11) is -2.93. The lowest BCUT2D eigenvalue weighted by atomic mass is 9.97. The highest BCUT2D eigenvalue weighted by atomic mass is 35.5. The van der Waals surface area contributed by atoms with E-state index in [0.717, 1.165) is 0 Å². The third-order valence-corrected chi connectivity index (χ3v) is 4.09. The Morgan fingerprint density at radius 3 is 2.10 bits per heavy atom. The molecule has 0 spiro atoms. The van der Waals surface area contributed by atoms with Gasteiger partial charge in [-0.3, -0.25) is 0 Å². The third-order valence-electron chi connectivity index (χ3n) is 1.53. The number of halogens is 1. The minimum Gasteiger partial charge on any atom is -0.303 e. The molecule has 1 aliphatic rings. The van der Waals surface area contributed by atoms with Crippen LogP contribution < -0.4 is 0 Å². The first kappa shape index (κ1) is 8.01. The molecule has 0 bridgehead atoms. The molecule has 0 atom stereocenters. The van der Waals surface area contributed by atoms with Crippen molar-refractivity contribution < 1.29 is 13.2 Å². The summed E-state index contributed by atoms with van der Waals surface area (Å²) in [5.41, 5.74) is -0.764. The first-order valence-corrected chi connectivity index (χ1v) is 5.12. The molecular weight excluding hydrogens is 176 g/mol. The Morgan fingerprint density at radius 2 is 2.00 bits per heavy atom. The number of hydrogen-bond acceptors (Lipinski definition) is 3. The first-order valence-electron chi connectivity index (χ1n) is 2.76. The fourth-order valence-corrected chi connectivity index (χ4v) is 3.49. The number of carbonyl (C=O) groups is 1. The summed E-state index contributed by atoms with van der Waals surface area (Å²) in [4.78, 5) is 10.3. The SMILES string of the molecule is O=CC1(CCl)CS(=O)(=O)C1. The molecule has 0 aromatic carbocycles. The van der Waals surface area contributed by atoms with E-state index in [9.17, 15) is 13.2 Å². The number of carbonyl (C=O) groups excluding carboxylic acids is 1. The van der Waals surface area contributed by atoms with E-state index >= 15 is 0 Å². The van der Waals surface area contributed by atoms with Crippen molar-refractivity contribution in [2.45, 2.75) is 0 Å². The second-order valence-electron chi connectivity index (χ2n) is 2.65. The molecule has 5 heteroatoms. The summed E-state index contributed by atoms with van der Waals surface area (Å²) in [6.45, 7) is 0. The second-order valence-corrected chi connectivity index (χ2v) is 4.98. The van der Waals surface area contributed by atoms with Crippen LogP contribution in [0, 0.1) is 5.41 Å². The molecule has 0 radical (unpaired) electrons. The van der Waals surface area contributed by atoms with Crippen LogP contribution in [-0.4, -0.2) is 32.1 Å². The molecule has 1 saturated heterocycles. The number of sulfone groups is 1. The first-order chi connectivity index (χ1) is 4.54. The zero-order chi connectivity index (χ0) is 7.83. The molecule has 0 saturated carbocycles. The highest BCUT2D eigenvalue weighted by Crippen LogP contribution is 2.31. The van der Waals surface area contributed by atoms with Crippen LogP contribution in [0.5, 0.6) is 0 Å². The van der Waals surface area contributed by atoms with Crippen molar-refractivity contribution in [3.8, 4) is 0 Å². The van der Waals surface area contributed by atoms with Crippen molar-refractivity contribution in [1.29, 1.82) is 0 Å². The number of alkyl halides is 1. The second kappa shape index (κ2) is 2.20. The van der Waals surface area contributed by atoms with Gasteiger partial charge in [0, 0.05) is 5.88 Å². The Kier molecular flexibility index (Phi) is 1.76. The van der Waals surface area contributed by atoms with E-state index in [0.29, 0.717) is 6.29 Å². The van der Waals surface area contributed by atoms with Gasteiger partial charge >= 0.3 is 0 Å². The van der Waals surface area contributed by atoms with Gasteiger partial charge in [0.05, 0.1) is 16.9 Å². The van der Waals surface area contributed by atoms with Crippen molar-refractivity contribution >= 4 is 27.7 Å². The molecule has 0 aliphatic carbocycles. The Balaban J connectivity index is 2.72. The van der Waals surface area contributed by atoms with E-state index in [1.807, 2.05) is 0 Å². The maximum atomic E-state index is 10.6. The average Bonchev–Trinajstić information content (AvgIpc) is 1.82. The number of rotatable bonds is 2. The molecule has 10 heavy (non-hydrogen) atoms. The molecule has 0 N–H and O–H groups in total. The highest BCUT2D eigenvalue weighted by molar-refractivity contribution is 7.93. The maximum absolute atomic E-state index is 10.6. The fraction of sp³-hybridized carbons (Fsp3) is 0.800. The van der Waals surface area contributed by atoms with Crippen molar-refractivity contribution in [1.82, 2.24) is 0 Å². The zero-order valence-corrected chi connectivity index (χ0v) is 6.78. The summed E-state index contributed by atoms with van der Waals surface area (Å²) < 4.78 is 21.2. The summed E-state index contributed by atoms with van der Waals surface area (Å²) in [5.74, 6) is -0.0459. The highest BCUT2D eigenvalue weighted by Gasteiger charge is 2.47. The molecule has 0 unspecified atom stereocenters. The van der Waals surface area contributed by atoms with Gasteiger partial charge in [0.25, 0.3) is 0 Å². The predicted octanol–water partition coefficient (Wildman–Crippen LogP) is -0.161. The average molecular weight is 183 g/mol. The van der Waals surface area contributed by atoms with Crippen molar-refractivity contribution in [3.63, 3.8) is 0 Å². The van der Waals surface area contributed by atoms with Crippen LogP contribution >= 0.6 is 11.6 Å². The third kappa shape index (κ3) is 1.18. The summed E-state index contributed by atoms with van der Waals surface area (Å²) in [5, 5.41) is 0. The standard InChI is InChI=1S/C5H7ClO3S/c6-1-5(2-7)3-10(8,9)4-5/h2H,1,3-4H2. The smallest absolute Gasteiger partial charge is 0.152 e. The Hall–Kier alpha value is -0.0900. The summed E-state index contributed by atoms with van der Waals surface area (Å²) >= 11 is 5.39. The van der Waals surface area contributed by atoms with Gasteiger partial charge in [0.1, 0.15) is 6.29 Å². The molecule has 3 nitrogen and oxygen atoms in total. The monoisotopic (exact) mass is 182 g/mol. The minimum atomic E-state index is -2.93. The molecule has 0 aromatic heterocycles. The van der Waals surface area contributed by atoms with E-state index in [-0.39, 0.29) is 17.4 Å². The van der Waals surface area contributed by atoms with Crippen molar-refractivity contribution in [3.05, 3.63) is 0 Å².